The summed E-state index contributed by atoms with van der Waals surface area (Å²) in [4.78, 5) is 2.61. The summed E-state index contributed by atoms with van der Waals surface area (Å²) >= 11 is 0. The van der Waals surface area contributed by atoms with Crippen molar-refractivity contribution in [2.45, 2.75) is 31.8 Å². The number of benzene rings is 1. The summed E-state index contributed by atoms with van der Waals surface area (Å²) < 4.78 is 5.82. The number of hydrogen-bond donors (Lipinski definition) is 0. The minimum Gasteiger partial charge on any atom is -0.378 e. The standard InChI is InChI=1S/C16H23NO/c1-2-5-14(6-3-1)8-10-17-11-9-15(13-17)16-7-4-12-18-16/h1-3,5-6,15-16H,4,7-13H2. The van der Waals surface area contributed by atoms with Crippen molar-refractivity contribution in [2.24, 2.45) is 5.92 Å². The Balaban J connectivity index is 1.45. The Kier molecular flexibility index (Phi) is 3.96. The lowest BCUT2D eigenvalue weighted by atomic mass is 9.99. The van der Waals surface area contributed by atoms with Crippen LogP contribution >= 0.6 is 0 Å². The molecule has 2 atom stereocenters. The third kappa shape index (κ3) is 2.93. The van der Waals surface area contributed by atoms with Gasteiger partial charge in [0.2, 0.25) is 0 Å². The van der Waals surface area contributed by atoms with E-state index in [1.165, 1.54) is 50.9 Å². The van der Waals surface area contributed by atoms with Crippen LogP contribution in [0.25, 0.3) is 0 Å². The molecule has 0 saturated carbocycles. The largest absolute Gasteiger partial charge is 0.378 e. The Morgan fingerprint density at radius 1 is 1.17 bits per heavy atom. The van der Waals surface area contributed by atoms with Crippen molar-refractivity contribution >= 4 is 0 Å². The van der Waals surface area contributed by atoms with Crippen LogP contribution < -0.4 is 0 Å². The topological polar surface area (TPSA) is 12.5 Å². The molecule has 2 unspecified atom stereocenters. The molecule has 0 bridgehead atoms. The Labute approximate surface area is 110 Å². The molecule has 2 heteroatoms. The molecule has 0 spiro atoms. The lowest BCUT2D eigenvalue weighted by Gasteiger charge is -2.19. The molecule has 3 rings (SSSR count). The Hall–Kier alpha value is -0.860. The normalized spacial score (nSPS) is 28.9. The van der Waals surface area contributed by atoms with Crippen LogP contribution in [0.4, 0.5) is 0 Å². The summed E-state index contributed by atoms with van der Waals surface area (Å²) in [5.74, 6) is 0.795. The van der Waals surface area contributed by atoms with E-state index in [2.05, 4.69) is 35.2 Å². The molecular formula is C16H23NO. The molecule has 2 aliphatic heterocycles. The summed E-state index contributed by atoms with van der Waals surface area (Å²) in [6, 6.07) is 10.8. The molecule has 2 fully saturated rings. The quantitative estimate of drug-likeness (QED) is 0.808. The SMILES string of the molecule is c1ccc(CCN2CCC(C3CCCO3)C2)cc1. The first-order chi connectivity index (χ1) is 8.92. The lowest BCUT2D eigenvalue weighted by molar-refractivity contribution is 0.0657. The van der Waals surface area contributed by atoms with Gasteiger partial charge in [-0.2, -0.15) is 0 Å². The fourth-order valence-corrected chi connectivity index (χ4v) is 3.28. The van der Waals surface area contributed by atoms with Gasteiger partial charge < -0.3 is 9.64 Å². The van der Waals surface area contributed by atoms with Gasteiger partial charge in [-0.1, -0.05) is 30.3 Å². The van der Waals surface area contributed by atoms with E-state index in [1.54, 1.807) is 0 Å². The lowest BCUT2D eigenvalue weighted by Crippen LogP contribution is -2.27. The van der Waals surface area contributed by atoms with Crippen molar-refractivity contribution in [3.05, 3.63) is 35.9 Å². The van der Waals surface area contributed by atoms with Crippen LogP contribution in [0.5, 0.6) is 0 Å². The van der Waals surface area contributed by atoms with E-state index in [0.29, 0.717) is 6.10 Å². The summed E-state index contributed by atoms with van der Waals surface area (Å²) in [6.07, 6.45) is 5.63. The summed E-state index contributed by atoms with van der Waals surface area (Å²) in [6.45, 7) is 4.70. The van der Waals surface area contributed by atoms with Crippen molar-refractivity contribution in [1.82, 2.24) is 4.90 Å². The first kappa shape index (κ1) is 12.2. The van der Waals surface area contributed by atoms with E-state index >= 15 is 0 Å². The summed E-state index contributed by atoms with van der Waals surface area (Å²) in [5.41, 5.74) is 1.46. The predicted octanol–water partition coefficient (Wildman–Crippen LogP) is 2.73. The monoisotopic (exact) mass is 245 g/mol. The van der Waals surface area contributed by atoms with Crippen LogP contribution in [0.15, 0.2) is 30.3 Å². The molecule has 0 aromatic heterocycles. The Bertz CT molecular complexity index is 359. The van der Waals surface area contributed by atoms with Crippen LogP contribution in [0, 0.1) is 5.92 Å². The molecule has 1 aromatic rings. The molecule has 98 valence electrons. The van der Waals surface area contributed by atoms with Crippen LogP contribution in [-0.4, -0.2) is 37.2 Å². The number of rotatable bonds is 4. The molecule has 2 aliphatic rings. The molecule has 0 radical (unpaired) electrons. The average Bonchev–Trinajstić information content (AvgIpc) is 3.08. The molecule has 0 N–H and O–H groups in total. The highest BCUT2D eigenvalue weighted by Gasteiger charge is 2.31. The van der Waals surface area contributed by atoms with Gasteiger partial charge in [0.15, 0.2) is 0 Å². The molecule has 1 aromatic carbocycles. The fraction of sp³-hybridized carbons (Fsp3) is 0.625. The van der Waals surface area contributed by atoms with Crippen LogP contribution in [0.1, 0.15) is 24.8 Å². The van der Waals surface area contributed by atoms with E-state index < -0.39 is 0 Å². The Morgan fingerprint density at radius 3 is 2.83 bits per heavy atom. The van der Waals surface area contributed by atoms with Gasteiger partial charge in [-0.15, -0.1) is 0 Å². The molecule has 2 heterocycles. The van der Waals surface area contributed by atoms with Crippen molar-refractivity contribution in [3.63, 3.8) is 0 Å². The average molecular weight is 245 g/mol. The first-order valence-corrected chi connectivity index (χ1v) is 7.30. The second kappa shape index (κ2) is 5.85. The maximum atomic E-state index is 5.82. The van der Waals surface area contributed by atoms with Crippen molar-refractivity contribution in [3.8, 4) is 0 Å². The number of nitrogens with zero attached hydrogens (tertiary/aromatic N) is 1. The highest BCUT2D eigenvalue weighted by molar-refractivity contribution is 5.14. The smallest absolute Gasteiger partial charge is 0.0616 e. The van der Waals surface area contributed by atoms with E-state index in [9.17, 15) is 0 Å². The van der Waals surface area contributed by atoms with Gasteiger partial charge in [0.05, 0.1) is 6.10 Å². The fourth-order valence-electron chi connectivity index (χ4n) is 3.28. The van der Waals surface area contributed by atoms with E-state index in [0.717, 1.165) is 12.5 Å². The first-order valence-electron chi connectivity index (χ1n) is 7.30. The van der Waals surface area contributed by atoms with Crippen LogP contribution in [-0.2, 0) is 11.2 Å². The third-order valence-electron chi connectivity index (χ3n) is 4.36. The van der Waals surface area contributed by atoms with E-state index in [4.69, 9.17) is 4.74 Å². The second-order valence-corrected chi connectivity index (χ2v) is 5.64. The number of likely N-dealkylation sites (tertiary alicyclic amines) is 1. The van der Waals surface area contributed by atoms with Gasteiger partial charge >= 0.3 is 0 Å². The molecule has 2 saturated heterocycles. The number of hydrogen-bond acceptors (Lipinski definition) is 2. The van der Waals surface area contributed by atoms with Gasteiger partial charge in [0.1, 0.15) is 0 Å². The minimum absolute atomic E-state index is 0.562. The summed E-state index contributed by atoms with van der Waals surface area (Å²) in [7, 11) is 0. The van der Waals surface area contributed by atoms with Crippen molar-refractivity contribution in [1.29, 1.82) is 0 Å². The Morgan fingerprint density at radius 2 is 2.06 bits per heavy atom. The summed E-state index contributed by atoms with van der Waals surface area (Å²) in [5, 5.41) is 0. The molecular weight excluding hydrogens is 222 g/mol. The molecule has 0 aliphatic carbocycles. The third-order valence-corrected chi connectivity index (χ3v) is 4.36. The zero-order valence-electron chi connectivity index (χ0n) is 11.1. The number of ether oxygens (including phenoxy) is 1. The minimum atomic E-state index is 0.562. The zero-order chi connectivity index (χ0) is 12.2. The predicted molar refractivity (Wildman–Crippen MR) is 73.7 cm³/mol. The molecule has 2 nitrogen and oxygen atoms in total. The van der Waals surface area contributed by atoms with Crippen molar-refractivity contribution < 1.29 is 4.74 Å². The van der Waals surface area contributed by atoms with Crippen LogP contribution in [0.2, 0.25) is 0 Å². The van der Waals surface area contributed by atoms with Crippen LogP contribution in [0.3, 0.4) is 0 Å². The van der Waals surface area contributed by atoms with Gasteiger partial charge in [-0.05, 0) is 43.7 Å². The van der Waals surface area contributed by atoms with E-state index in [1.807, 2.05) is 0 Å². The maximum Gasteiger partial charge on any atom is 0.0616 e. The van der Waals surface area contributed by atoms with Crippen molar-refractivity contribution in [2.75, 3.05) is 26.2 Å². The second-order valence-electron chi connectivity index (χ2n) is 5.64. The van der Waals surface area contributed by atoms with Gasteiger partial charge in [0, 0.05) is 19.7 Å². The van der Waals surface area contributed by atoms with Gasteiger partial charge in [-0.3, -0.25) is 0 Å². The van der Waals surface area contributed by atoms with E-state index in [-0.39, 0.29) is 0 Å². The molecule has 0 amide bonds. The zero-order valence-corrected chi connectivity index (χ0v) is 11.1. The highest BCUT2D eigenvalue weighted by atomic mass is 16.5. The highest BCUT2D eigenvalue weighted by Crippen LogP contribution is 2.28. The molecule has 18 heavy (non-hydrogen) atoms. The van der Waals surface area contributed by atoms with Gasteiger partial charge in [0.25, 0.3) is 0 Å². The maximum absolute atomic E-state index is 5.82. The van der Waals surface area contributed by atoms with Gasteiger partial charge in [-0.25, -0.2) is 0 Å².